The fraction of sp³-hybridized carbons (Fsp3) is 0.571. The molecule has 2 fully saturated rings. The second-order valence-electron chi connectivity index (χ2n) is 11.3. The number of piperazine rings is 1. The molecule has 194 valence electrons. The lowest BCUT2D eigenvalue weighted by atomic mass is 9.75. The summed E-state index contributed by atoms with van der Waals surface area (Å²) in [4.78, 5) is 32.5. The quantitative estimate of drug-likeness (QED) is 0.666. The van der Waals surface area contributed by atoms with E-state index in [1.165, 1.54) is 0 Å². The van der Waals surface area contributed by atoms with Gasteiger partial charge >= 0.3 is 0 Å². The number of nitrogens with two attached hydrogens (primary N) is 1. The van der Waals surface area contributed by atoms with Crippen LogP contribution in [-0.4, -0.2) is 91.6 Å². The van der Waals surface area contributed by atoms with E-state index in [1.54, 1.807) is 0 Å². The van der Waals surface area contributed by atoms with E-state index >= 15 is 0 Å². The first-order valence-electron chi connectivity index (χ1n) is 13.2. The Morgan fingerprint density at radius 3 is 2.33 bits per heavy atom. The summed E-state index contributed by atoms with van der Waals surface area (Å²) in [5.41, 5.74) is 11.1. The highest BCUT2D eigenvalue weighted by atomic mass is 16.5. The van der Waals surface area contributed by atoms with Crippen LogP contribution in [0.2, 0.25) is 0 Å². The number of fused-ring (bicyclic) bond motifs is 1. The van der Waals surface area contributed by atoms with Gasteiger partial charge in [0, 0.05) is 81.9 Å². The Kier molecular flexibility index (Phi) is 6.94. The van der Waals surface area contributed by atoms with Gasteiger partial charge in [0.25, 0.3) is 5.91 Å². The monoisotopic (exact) mass is 493 g/mol. The van der Waals surface area contributed by atoms with Crippen molar-refractivity contribution in [2.75, 3.05) is 70.5 Å². The Bertz CT molecular complexity index is 1140. The van der Waals surface area contributed by atoms with Gasteiger partial charge in [0.1, 0.15) is 0 Å². The van der Waals surface area contributed by atoms with E-state index in [0.717, 1.165) is 100 Å². The molecule has 0 atom stereocenters. The molecule has 0 bridgehead atoms. The zero-order chi connectivity index (χ0) is 25.4. The van der Waals surface area contributed by atoms with Crippen molar-refractivity contribution in [2.24, 2.45) is 11.1 Å². The van der Waals surface area contributed by atoms with E-state index in [2.05, 4.69) is 45.4 Å². The second-order valence-corrected chi connectivity index (χ2v) is 11.3. The fourth-order valence-electron chi connectivity index (χ4n) is 5.97. The average molecular weight is 494 g/mol. The molecule has 8 heteroatoms. The summed E-state index contributed by atoms with van der Waals surface area (Å²) < 4.78 is 7.61. The lowest BCUT2D eigenvalue weighted by Gasteiger charge is -2.38. The van der Waals surface area contributed by atoms with Crippen molar-refractivity contribution >= 4 is 17.4 Å². The number of morpholine rings is 1. The van der Waals surface area contributed by atoms with Crippen molar-refractivity contribution in [3.63, 3.8) is 0 Å². The SMILES string of the molecule is Cc1cn(-c2ccc(C(N)=O)c(N3CCN(CCN4CCOCC4)CC3)c2)c2c1C(=O)CC(C)(C)C2. The van der Waals surface area contributed by atoms with Crippen molar-refractivity contribution in [3.05, 3.63) is 46.8 Å². The normalized spacial score (nSPS) is 21.0. The number of hydrogen-bond acceptors (Lipinski definition) is 6. The van der Waals surface area contributed by atoms with Crippen molar-refractivity contribution in [3.8, 4) is 5.69 Å². The number of carbonyl (C=O) groups excluding carboxylic acids is 2. The third-order valence-electron chi connectivity index (χ3n) is 7.93. The number of benzene rings is 1. The van der Waals surface area contributed by atoms with Gasteiger partial charge in [-0.1, -0.05) is 13.8 Å². The molecule has 0 saturated carbocycles. The summed E-state index contributed by atoms with van der Waals surface area (Å²) in [6.45, 7) is 15.7. The van der Waals surface area contributed by atoms with Gasteiger partial charge in [-0.2, -0.15) is 0 Å². The maximum absolute atomic E-state index is 12.9. The van der Waals surface area contributed by atoms with E-state index in [1.807, 2.05) is 19.1 Å². The smallest absolute Gasteiger partial charge is 0.250 e. The number of nitrogens with zero attached hydrogens (tertiary/aromatic N) is 4. The molecule has 2 aromatic rings. The lowest BCUT2D eigenvalue weighted by molar-refractivity contribution is 0.0331. The minimum absolute atomic E-state index is 0.0693. The molecule has 5 rings (SSSR count). The molecule has 1 aromatic heterocycles. The number of Topliss-reactive ketones (excluding diaryl/α,β-unsaturated/α-hetero) is 1. The molecule has 2 aliphatic heterocycles. The van der Waals surface area contributed by atoms with Crippen LogP contribution in [0, 0.1) is 12.3 Å². The summed E-state index contributed by atoms with van der Waals surface area (Å²) in [7, 11) is 0. The second kappa shape index (κ2) is 10.00. The lowest BCUT2D eigenvalue weighted by Crippen LogP contribution is -2.49. The number of ether oxygens (including phenoxy) is 1. The fourth-order valence-corrected chi connectivity index (χ4v) is 5.97. The van der Waals surface area contributed by atoms with Crippen LogP contribution >= 0.6 is 0 Å². The zero-order valence-corrected chi connectivity index (χ0v) is 21.9. The highest BCUT2D eigenvalue weighted by Crippen LogP contribution is 2.38. The summed E-state index contributed by atoms with van der Waals surface area (Å²) in [5.74, 6) is -0.187. The topological polar surface area (TPSA) is 84.0 Å². The number of primary amides is 1. The number of ketones is 1. The number of rotatable bonds is 6. The first kappa shape index (κ1) is 25.0. The summed E-state index contributed by atoms with van der Waals surface area (Å²) in [6.07, 6.45) is 3.49. The van der Waals surface area contributed by atoms with Gasteiger partial charge in [0.15, 0.2) is 5.78 Å². The van der Waals surface area contributed by atoms with E-state index in [-0.39, 0.29) is 11.2 Å². The highest BCUT2D eigenvalue weighted by Gasteiger charge is 2.35. The Morgan fingerprint density at radius 2 is 1.67 bits per heavy atom. The maximum atomic E-state index is 12.9. The van der Waals surface area contributed by atoms with Crippen LogP contribution in [0.5, 0.6) is 0 Å². The molecule has 0 spiro atoms. The molecule has 0 radical (unpaired) electrons. The Labute approximate surface area is 214 Å². The van der Waals surface area contributed by atoms with Gasteiger partial charge in [0.2, 0.25) is 0 Å². The number of amides is 1. The molecule has 8 nitrogen and oxygen atoms in total. The van der Waals surface area contributed by atoms with Crippen LogP contribution in [0.3, 0.4) is 0 Å². The van der Waals surface area contributed by atoms with Crippen LogP contribution in [0.1, 0.15) is 52.2 Å². The van der Waals surface area contributed by atoms with Crippen molar-refractivity contribution in [2.45, 2.75) is 33.6 Å². The Morgan fingerprint density at radius 1 is 1.00 bits per heavy atom. The molecule has 1 aliphatic carbocycles. The van der Waals surface area contributed by atoms with E-state index in [0.29, 0.717) is 12.0 Å². The van der Waals surface area contributed by atoms with Crippen LogP contribution in [0.25, 0.3) is 5.69 Å². The average Bonchev–Trinajstić information content (AvgIpc) is 3.18. The molecular formula is C28H39N5O3. The third kappa shape index (κ3) is 5.08. The summed E-state index contributed by atoms with van der Waals surface area (Å²) in [5, 5.41) is 0. The molecular weight excluding hydrogens is 454 g/mol. The van der Waals surface area contributed by atoms with Gasteiger partial charge in [-0.25, -0.2) is 0 Å². The van der Waals surface area contributed by atoms with Crippen LogP contribution in [0.4, 0.5) is 5.69 Å². The zero-order valence-electron chi connectivity index (χ0n) is 21.9. The molecule has 0 unspecified atom stereocenters. The predicted octanol–water partition coefficient (Wildman–Crippen LogP) is 2.49. The third-order valence-corrected chi connectivity index (χ3v) is 7.93. The minimum atomic E-state index is -0.409. The number of anilines is 1. The van der Waals surface area contributed by atoms with Crippen molar-refractivity contribution < 1.29 is 14.3 Å². The first-order valence-corrected chi connectivity index (χ1v) is 13.2. The number of carbonyl (C=O) groups is 2. The maximum Gasteiger partial charge on any atom is 0.250 e. The first-order chi connectivity index (χ1) is 17.2. The van der Waals surface area contributed by atoms with E-state index in [4.69, 9.17) is 10.5 Å². The molecule has 2 N–H and O–H groups in total. The minimum Gasteiger partial charge on any atom is -0.379 e. The molecule has 36 heavy (non-hydrogen) atoms. The molecule has 1 amide bonds. The van der Waals surface area contributed by atoms with Gasteiger partial charge < -0.3 is 19.9 Å². The molecule has 1 aromatic carbocycles. The van der Waals surface area contributed by atoms with Gasteiger partial charge in [-0.3, -0.25) is 19.4 Å². The molecule has 3 heterocycles. The van der Waals surface area contributed by atoms with Gasteiger partial charge in [0.05, 0.1) is 24.5 Å². The van der Waals surface area contributed by atoms with E-state index in [9.17, 15) is 9.59 Å². The van der Waals surface area contributed by atoms with Gasteiger partial charge in [-0.05, 0) is 42.5 Å². The number of hydrogen-bond donors (Lipinski definition) is 1. The standard InChI is InChI=1S/C28H39N5O3/c1-20-19-33(24-17-28(2,3)18-25(34)26(20)24)21-4-5-22(27(29)35)23(16-21)32-10-8-30(9-11-32)6-7-31-12-14-36-15-13-31/h4-5,16,19H,6-15,17-18H2,1-3H3,(H2,29,35). The highest BCUT2D eigenvalue weighted by molar-refractivity contribution is 6.01. The van der Waals surface area contributed by atoms with Gasteiger partial charge in [-0.15, -0.1) is 0 Å². The summed E-state index contributed by atoms with van der Waals surface area (Å²) >= 11 is 0. The van der Waals surface area contributed by atoms with Crippen LogP contribution in [-0.2, 0) is 11.2 Å². The van der Waals surface area contributed by atoms with Crippen molar-refractivity contribution in [1.29, 1.82) is 0 Å². The largest absolute Gasteiger partial charge is 0.379 e. The number of aromatic nitrogens is 1. The summed E-state index contributed by atoms with van der Waals surface area (Å²) in [6, 6.07) is 5.87. The number of aryl methyl sites for hydroxylation is 1. The van der Waals surface area contributed by atoms with Crippen molar-refractivity contribution in [1.82, 2.24) is 14.4 Å². The van der Waals surface area contributed by atoms with Crippen LogP contribution < -0.4 is 10.6 Å². The van der Waals surface area contributed by atoms with Crippen LogP contribution in [0.15, 0.2) is 24.4 Å². The van der Waals surface area contributed by atoms with E-state index < -0.39 is 5.91 Å². The Balaban J connectivity index is 1.36. The molecule has 2 saturated heterocycles. The molecule has 3 aliphatic rings. The predicted molar refractivity (Wildman–Crippen MR) is 141 cm³/mol. The Hall–Kier alpha value is -2.68.